The summed E-state index contributed by atoms with van der Waals surface area (Å²) in [5, 5.41) is 6.30. The molecule has 0 bridgehead atoms. The third kappa shape index (κ3) is 6.97. The van der Waals surface area contributed by atoms with E-state index in [9.17, 15) is 0 Å². The Morgan fingerprint density at radius 2 is 0.882 bits per heavy atom. The second-order valence-corrected chi connectivity index (χ2v) is 7.17. The molecule has 2 N–H and O–H groups in total. The highest BCUT2D eigenvalue weighted by atomic mass is 16.5. The van der Waals surface area contributed by atoms with Gasteiger partial charge in [0.25, 0.3) is 0 Å². The fourth-order valence-corrected chi connectivity index (χ4v) is 3.10. The molecule has 34 heavy (non-hydrogen) atoms. The Kier molecular flexibility index (Phi) is 8.28. The molecule has 4 aromatic carbocycles. The first-order valence-electron chi connectivity index (χ1n) is 11.0. The molecule has 0 spiro atoms. The minimum Gasteiger partial charge on any atom is -0.488 e. The Labute approximate surface area is 199 Å². The van der Waals surface area contributed by atoms with Gasteiger partial charge in [-0.15, -0.1) is 0 Å². The van der Waals surface area contributed by atoms with Gasteiger partial charge < -0.3 is 20.1 Å². The molecule has 6 heteroatoms. The van der Waals surface area contributed by atoms with Crippen LogP contribution < -0.4 is 20.1 Å². The number of nitrogens with one attached hydrogen (secondary N) is 2. The summed E-state index contributed by atoms with van der Waals surface area (Å²) in [7, 11) is 0. The average molecular weight is 451 g/mol. The van der Waals surface area contributed by atoms with E-state index in [2.05, 4.69) is 20.6 Å². The molecule has 4 aromatic rings. The fourth-order valence-electron chi connectivity index (χ4n) is 3.10. The molecule has 0 aliphatic heterocycles. The van der Waals surface area contributed by atoms with E-state index in [1.54, 1.807) is 12.7 Å². The van der Waals surface area contributed by atoms with Crippen LogP contribution in [0.4, 0.5) is 22.7 Å². The zero-order valence-corrected chi connectivity index (χ0v) is 18.7. The first-order valence-corrected chi connectivity index (χ1v) is 11.0. The molecule has 0 atom stereocenters. The van der Waals surface area contributed by atoms with Crippen LogP contribution in [-0.4, -0.2) is 25.9 Å². The van der Waals surface area contributed by atoms with E-state index < -0.39 is 0 Å². The molecular weight excluding hydrogens is 424 g/mol. The first-order chi connectivity index (χ1) is 16.9. The number of hydrogen-bond donors (Lipinski definition) is 2. The lowest BCUT2D eigenvalue weighted by atomic mass is 10.3. The molecule has 0 radical (unpaired) electrons. The van der Waals surface area contributed by atoms with Gasteiger partial charge in [-0.3, -0.25) is 0 Å². The van der Waals surface area contributed by atoms with Gasteiger partial charge in [-0.05, 0) is 48.5 Å². The minimum atomic E-state index is 0.374. The number of nitrogens with zero attached hydrogens (tertiary/aromatic N) is 2. The van der Waals surface area contributed by atoms with Crippen molar-refractivity contribution in [2.45, 2.75) is 0 Å². The first kappa shape index (κ1) is 22.6. The maximum absolute atomic E-state index is 5.92. The van der Waals surface area contributed by atoms with Crippen molar-refractivity contribution < 1.29 is 9.47 Å². The third-order valence-corrected chi connectivity index (χ3v) is 4.75. The van der Waals surface area contributed by atoms with Gasteiger partial charge >= 0.3 is 0 Å². The van der Waals surface area contributed by atoms with E-state index >= 15 is 0 Å². The summed E-state index contributed by atoms with van der Waals surface area (Å²) in [5.74, 6) is 1.38. The van der Waals surface area contributed by atoms with Crippen molar-refractivity contribution in [1.82, 2.24) is 0 Å². The Morgan fingerprint density at radius 3 is 1.32 bits per heavy atom. The molecule has 170 valence electrons. The molecule has 0 saturated heterocycles. The second kappa shape index (κ2) is 12.5. The minimum absolute atomic E-state index is 0.374. The van der Waals surface area contributed by atoms with E-state index in [0.717, 1.165) is 22.7 Å². The number of anilines is 2. The van der Waals surface area contributed by atoms with Gasteiger partial charge in [0.1, 0.15) is 36.1 Å². The van der Waals surface area contributed by atoms with Crippen molar-refractivity contribution in [3.05, 3.63) is 109 Å². The van der Waals surface area contributed by atoms with Crippen LogP contribution >= 0.6 is 0 Å². The normalized spacial score (nSPS) is 10.9. The quantitative estimate of drug-likeness (QED) is 0.152. The average Bonchev–Trinajstić information content (AvgIpc) is 2.89. The van der Waals surface area contributed by atoms with Gasteiger partial charge in [-0.25, -0.2) is 9.98 Å². The number of benzene rings is 4. The summed E-state index contributed by atoms with van der Waals surface area (Å²) in [4.78, 5) is 8.97. The number of hydrogen-bond acceptors (Lipinski definition) is 4. The Bertz CT molecular complexity index is 1110. The van der Waals surface area contributed by atoms with Crippen LogP contribution in [0.3, 0.4) is 0 Å². The molecule has 0 saturated carbocycles. The Balaban J connectivity index is 1.29. The maximum atomic E-state index is 5.92. The van der Waals surface area contributed by atoms with Crippen LogP contribution in [0.25, 0.3) is 0 Å². The van der Waals surface area contributed by atoms with E-state index in [-0.39, 0.29) is 0 Å². The van der Waals surface area contributed by atoms with Crippen LogP contribution in [0.1, 0.15) is 0 Å². The van der Waals surface area contributed by atoms with Crippen molar-refractivity contribution in [1.29, 1.82) is 0 Å². The molecule has 0 unspecified atom stereocenters. The van der Waals surface area contributed by atoms with Gasteiger partial charge in [-0.2, -0.15) is 0 Å². The highest BCUT2D eigenvalue weighted by Gasteiger charge is 2.04. The van der Waals surface area contributed by atoms with Crippen LogP contribution in [0.5, 0.6) is 11.5 Å². The van der Waals surface area contributed by atoms with Crippen LogP contribution in [0.15, 0.2) is 119 Å². The highest BCUT2D eigenvalue weighted by Crippen LogP contribution is 2.28. The summed E-state index contributed by atoms with van der Waals surface area (Å²) in [6, 6.07) is 35.0. The fraction of sp³-hybridized carbons (Fsp3) is 0.0714. The lowest BCUT2D eigenvalue weighted by Gasteiger charge is -2.11. The van der Waals surface area contributed by atoms with E-state index in [1.807, 2.05) is 109 Å². The van der Waals surface area contributed by atoms with E-state index in [0.29, 0.717) is 24.7 Å². The highest BCUT2D eigenvalue weighted by molar-refractivity contribution is 5.79. The Morgan fingerprint density at radius 1 is 0.500 bits per heavy atom. The SMILES string of the molecule is C(=Nc1ccccc1OCCOc1ccccc1N=CNc1ccccc1)Nc1ccccc1. The molecule has 4 rings (SSSR count). The van der Waals surface area contributed by atoms with Crippen LogP contribution in [-0.2, 0) is 0 Å². The summed E-state index contributed by atoms with van der Waals surface area (Å²) in [6.45, 7) is 0.748. The molecule has 0 amide bonds. The summed E-state index contributed by atoms with van der Waals surface area (Å²) in [6.07, 6.45) is 3.32. The summed E-state index contributed by atoms with van der Waals surface area (Å²) in [5.41, 5.74) is 3.42. The van der Waals surface area contributed by atoms with Crippen molar-refractivity contribution in [3.8, 4) is 11.5 Å². The predicted molar refractivity (Wildman–Crippen MR) is 140 cm³/mol. The molecule has 0 heterocycles. The number of ether oxygens (including phenoxy) is 2. The second-order valence-electron chi connectivity index (χ2n) is 7.17. The van der Waals surface area contributed by atoms with Crippen LogP contribution in [0, 0.1) is 0 Å². The lowest BCUT2D eigenvalue weighted by molar-refractivity contribution is 0.218. The topological polar surface area (TPSA) is 67.2 Å². The van der Waals surface area contributed by atoms with Gasteiger partial charge in [0, 0.05) is 11.4 Å². The third-order valence-electron chi connectivity index (χ3n) is 4.75. The monoisotopic (exact) mass is 450 g/mol. The molecule has 6 nitrogen and oxygen atoms in total. The zero-order chi connectivity index (χ0) is 23.3. The summed E-state index contributed by atoms with van der Waals surface area (Å²) >= 11 is 0. The molecule has 0 aromatic heterocycles. The standard InChI is InChI=1S/C28H26N4O2/c1-3-11-23(12-4-1)29-21-31-25-15-7-9-17-27(25)33-19-20-34-28-18-10-8-16-26(28)32-22-30-24-13-5-2-6-14-24/h1-18,21-22H,19-20H2,(H,29,31)(H,30,32). The summed E-state index contributed by atoms with van der Waals surface area (Å²) < 4.78 is 11.8. The van der Waals surface area contributed by atoms with Crippen molar-refractivity contribution >= 4 is 35.4 Å². The van der Waals surface area contributed by atoms with Crippen molar-refractivity contribution in [3.63, 3.8) is 0 Å². The van der Waals surface area contributed by atoms with E-state index in [4.69, 9.17) is 9.47 Å². The van der Waals surface area contributed by atoms with Gasteiger partial charge in [0.05, 0.1) is 12.7 Å². The van der Waals surface area contributed by atoms with E-state index in [1.165, 1.54) is 0 Å². The smallest absolute Gasteiger partial charge is 0.145 e. The molecular formula is C28H26N4O2. The maximum Gasteiger partial charge on any atom is 0.145 e. The van der Waals surface area contributed by atoms with Gasteiger partial charge in [0.2, 0.25) is 0 Å². The number of para-hydroxylation sites is 6. The largest absolute Gasteiger partial charge is 0.488 e. The molecule has 0 aliphatic rings. The lowest BCUT2D eigenvalue weighted by Crippen LogP contribution is -2.09. The van der Waals surface area contributed by atoms with Crippen molar-refractivity contribution in [2.75, 3.05) is 23.8 Å². The molecule has 0 aliphatic carbocycles. The number of rotatable bonds is 11. The van der Waals surface area contributed by atoms with Crippen LogP contribution in [0.2, 0.25) is 0 Å². The predicted octanol–water partition coefficient (Wildman–Crippen LogP) is 6.69. The zero-order valence-electron chi connectivity index (χ0n) is 18.7. The molecule has 0 fully saturated rings. The van der Waals surface area contributed by atoms with Crippen molar-refractivity contribution in [2.24, 2.45) is 9.98 Å². The van der Waals surface area contributed by atoms with Gasteiger partial charge in [-0.1, -0.05) is 60.7 Å². The number of aliphatic imine (C=N–C) groups is 2. The Hall–Kier alpha value is -4.58. The van der Waals surface area contributed by atoms with Gasteiger partial charge in [0.15, 0.2) is 0 Å².